The van der Waals surface area contributed by atoms with Gasteiger partial charge in [0.05, 0.1) is 11.9 Å². The number of amides is 1. The summed E-state index contributed by atoms with van der Waals surface area (Å²) in [6.45, 7) is -0.0960. The maximum atomic E-state index is 11.5. The molecule has 1 amide bonds. The molecule has 6 heteroatoms. The molecule has 102 valence electrons. The fourth-order valence-corrected chi connectivity index (χ4v) is 1.60. The van der Waals surface area contributed by atoms with E-state index < -0.39 is 0 Å². The fraction of sp³-hybridized carbons (Fsp3) is 0.0714. The van der Waals surface area contributed by atoms with Crippen LogP contribution in [-0.4, -0.2) is 23.7 Å². The summed E-state index contributed by atoms with van der Waals surface area (Å²) >= 11 is 3.32. The Morgan fingerprint density at radius 3 is 2.80 bits per heavy atom. The number of aromatic nitrogens is 1. The zero-order valence-electron chi connectivity index (χ0n) is 10.5. The highest BCUT2D eigenvalue weighted by atomic mass is 79.9. The second-order valence-electron chi connectivity index (χ2n) is 3.79. The summed E-state index contributed by atoms with van der Waals surface area (Å²) in [6, 6.07) is 12.7. The van der Waals surface area contributed by atoms with E-state index in [4.69, 9.17) is 4.74 Å². The lowest BCUT2D eigenvalue weighted by atomic mass is 10.3. The van der Waals surface area contributed by atoms with Crippen molar-refractivity contribution >= 4 is 28.1 Å². The minimum Gasteiger partial charge on any atom is -0.484 e. The van der Waals surface area contributed by atoms with Crippen LogP contribution in [0.1, 0.15) is 5.69 Å². The van der Waals surface area contributed by atoms with E-state index in [0.717, 1.165) is 4.47 Å². The smallest absolute Gasteiger partial charge is 0.277 e. The number of pyridine rings is 1. The maximum absolute atomic E-state index is 11.5. The lowest BCUT2D eigenvalue weighted by Crippen LogP contribution is -2.24. The molecule has 0 atom stereocenters. The lowest BCUT2D eigenvalue weighted by molar-refractivity contribution is -0.123. The van der Waals surface area contributed by atoms with Gasteiger partial charge in [0.25, 0.3) is 5.91 Å². The van der Waals surface area contributed by atoms with Crippen LogP contribution in [0.15, 0.2) is 58.2 Å². The minimum absolute atomic E-state index is 0.0960. The first-order valence-corrected chi connectivity index (χ1v) is 6.64. The number of hydrogen-bond donors (Lipinski definition) is 1. The highest BCUT2D eigenvalue weighted by molar-refractivity contribution is 9.10. The van der Waals surface area contributed by atoms with Gasteiger partial charge >= 0.3 is 0 Å². The molecular weight excluding hydrogens is 322 g/mol. The molecule has 0 saturated carbocycles. The second kappa shape index (κ2) is 7.40. The molecule has 20 heavy (non-hydrogen) atoms. The molecule has 5 nitrogen and oxygen atoms in total. The number of halogens is 1. The summed E-state index contributed by atoms with van der Waals surface area (Å²) in [6.07, 6.45) is 3.12. The van der Waals surface area contributed by atoms with Gasteiger partial charge in [-0.3, -0.25) is 9.78 Å². The van der Waals surface area contributed by atoms with Crippen molar-refractivity contribution in [3.63, 3.8) is 0 Å². The number of ether oxygens (including phenoxy) is 1. The van der Waals surface area contributed by atoms with Crippen molar-refractivity contribution in [3.05, 3.63) is 58.8 Å². The Morgan fingerprint density at radius 2 is 2.10 bits per heavy atom. The average Bonchev–Trinajstić information content (AvgIpc) is 2.48. The van der Waals surface area contributed by atoms with E-state index in [-0.39, 0.29) is 12.5 Å². The first kappa shape index (κ1) is 14.2. The Hall–Kier alpha value is -2.21. The van der Waals surface area contributed by atoms with Gasteiger partial charge in [-0.25, -0.2) is 5.43 Å². The van der Waals surface area contributed by atoms with Crippen molar-refractivity contribution in [1.29, 1.82) is 0 Å². The molecule has 0 aliphatic heterocycles. The van der Waals surface area contributed by atoms with Gasteiger partial charge < -0.3 is 4.74 Å². The zero-order chi connectivity index (χ0) is 14.2. The molecule has 0 saturated heterocycles. The average molecular weight is 334 g/mol. The molecule has 1 aromatic heterocycles. The first-order valence-electron chi connectivity index (χ1n) is 5.85. The van der Waals surface area contributed by atoms with Crippen LogP contribution in [0.3, 0.4) is 0 Å². The monoisotopic (exact) mass is 333 g/mol. The number of benzene rings is 1. The molecule has 0 spiro atoms. The molecule has 1 aromatic carbocycles. The van der Waals surface area contributed by atoms with Crippen LogP contribution in [0.5, 0.6) is 5.75 Å². The van der Waals surface area contributed by atoms with Crippen LogP contribution in [0, 0.1) is 0 Å². The number of carbonyl (C=O) groups excluding carboxylic acids is 1. The standard InChI is InChI=1S/C14H12BrN3O2/c15-11-4-6-13(7-5-11)20-10-14(19)18-17-9-12-3-1-2-8-16-12/h1-9H,10H2,(H,18,19)/b17-9+. The molecule has 1 heterocycles. The Balaban J connectivity index is 1.76. The van der Waals surface area contributed by atoms with Crippen molar-refractivity contribution in [2.24, 2.45) is 5.10 Å². The van der Waals surface area contributed by atoms with Gasteiger partial charge in [0.15, 0.2) is 6.61 Å². The van der Waals surface area contributed by atoms with Crippen LogP contribution in [0.25, 0.3) is 0 Å². The van der Waals surface area contributed by atoms with Gasteiger partial charge in [-0.05, 0) is 36.4 Å². The molecular formula is C14H12BrN3O2. The number of hydrogen-bond acceptors (Lipinski definition) is 4. The molecule has 0 radical (unpaired) electrons. The van der Waals surface area contributed by atoms with E-state index in [1.54, 1.807) is 24.4 Å². The minimum atomic E-state index is -0.333. The Morgan fingerprint density at radius 1 is 1.30 bits per heavy atom. The lowest BCUT2D eigenvalue weighted by Gasteiger charge is -2.04. The van der Waals surface area contributed by atoms with E-state index in [0.29, 0.717) is 11.4 Å². The quantitative estimate of drug-likeness (QED) is 0.674. The highest BCUT2D eigenvalue weighted by Gasteiger charge is 2.01. The largest absolute Gasteiger partial charge is 0.484 e. The van der Waals surface area contributed by atoms with Crippen LogP contribution < -0.4 is 10.2 Å². The fourth-order valence-electron chi connectivity index (χ4n) is 1.33. The third-order valence-electron chi connectivity index (χ3n) is 2.26. The van der Waals surface area contributed by atoms with Gasteiger partial charge in [-0.1, -0.05) is 22.0 Å². The van der Waals surface area contributed by atoms with E-state index in [1.807, 2.05) is 24.3 Å². The molecule has 1 N–H and O–H groups in total. The van der Waals surface area contributed by atoms with Crippen LogP contribution in [0.4, 0.5) is 0 Å². The number of rotatable bonds is 5. The highest BCUT2D eigenvalue weighted by Crippen LogP contribution is 2.15. The van der Waals surface area contributed by atoms with Crippen LogP contribution >= 0.6 is 15.9 Å². The van der Waals surface area contributed by atoms with Crippen molar-refractivity contribution in [2.75, 3.05) is 6.61 Å². The van der Waals surface area contributed by atoms with Crippen molar-refractivity contribution < 1.29 is 9.53 Å². The summed E-state index contributed by atoms with van der Waals surface area (Å²) in [5, 5.41) is 3.79. The van der Waals surface area contributed by atoms with Gasteiger partial charge in [-0.15, -0.1) is 0 Å². The SMILES string of the molecule is O=C(COc1ccc(Br)cc1)N/N=C/c1ccccn1. The first-order chi connectivity index (χ1) is 9.74. The predicted octanol–water partition coefficient (Wildman–Crippen LogP) is 2.37. The van der Waals surface area contributed by atoms with Gasteiger partial charge in [0.2, 0.25) is 0 Å². The summed E-state index contributed by atoms with van der Waals surface area (Å²) in [7, 11) is 0. The molecule has 0 bridgehead atoms. The summed E-state index contributed by atoms with van der Waals surface area (Å²) < 4.78 is 6.26. The van der Waals surface area contributed by atoms with Crippen molar-refractivity contribution in [3.8, 4) is 5.75 Å². The van der Waals surface area contributed by atoms with Gasteiger partial charge in [-0.2, -0.15) is 5.10 Å². The Bertz CT molecular complexity index is 585. The molecule has 0 unspecified atom stereocenters. The third kappa shape index (κ3) is 4.81. The van der Waals surface area contributed by atoms with Gasteiger partial charge in [0, 0.05) is 10.7 Å². The maximum Gasteiger partial charge on any atom is 0.277 e. The molecule has 0 aliphatic carbocycles. The number of carbonyl (C=O) groups is 1. The molecule has 2 aromatic rings. The zero-order valence-corrected chi connectivity index (χ0v) is 12.1. The van der Waals surface area contributed by atoms with Gasteiger partial charge in [0.1, 0.15) is 5.75 Å². The third-order valence-corrected chi connectivity index (χ3v) is 2.79. The summed E-state index contributed by atoms with van der Waals surface area (Å²) in [5.41, 5.74) is 3.04. The van der Waals surface area contributed by atoms with Crippen molar-refractivity contribution in [2.45, 2.75) is 0 Å². The Labute approximate surface area is 124 Å². The van der Waals surface area contributed by atoms with E-state index in [2.05, 4.69) is 31.4 Å². The Kier molecular flexibility index (Phi) is 5.25. The number of nitrogens with zero attached hydrogens (tertiary/aromatic N) is 2. The topological polar surface area (TPSA) is 63.6 Å². The van der Waals surface area contributed by atoms with Crippen molar-refractivity contribution in [1.82, 2.24) is 10.4 Å². The van der Waals surface area contributed by atoms with E-state index in [9.17, 15) is 4.79 Å². The molecule has 2 rings (SSSR count). The number of nitrogens with one attached hydrogen (secondary N) is 1. The normalized spacial score (nSPS) is 10.4. The van der Waals surface area contributed by atoms with E-state index >= 15 is 0 Å². The van der Waals surface area contributed by atoms with Crippen LogP contribution in [-0.2, 0) is 4.79 Å². The number of hydrazone groups is 1. The summed E-state index contributed by atoms with van der Waals surface area (Å²) in [4.78, 5) is 15.5. The molecule has 0 aliphatic rings. The van der Waals surface area contributed by atoms with E-state index in [1.165, 1.54) is 6.21 Å². The van der Waals surface area contributed by atoms with Crippen LogP contribution in [0.2, 0.25) is 0 Å². The predicted molar refractivity (Wildman–Crippen MR) is 79.6 cm³/mol. The molecule has 0 fully saturated rings. The second-order valence-corrected chi connectivity index (χ2v) is 4.71. The summed E-state index contributed by atoms with van der Waals surface area (Å²) in [5.74, 6) is 0.289.